The van der Waals surface area contributed by atoms with Crippen LogP contribution in [0.2, 0.25) is 0 Å². The molecule has 58 valence electrons. The molecule has 1 atom stereocenters. The van der Waals surface area contributed by atoms with Crippen LogP contribution in [0.5, 0.6) is 0 Å². The lowest BCUT2D eigenvalue weighted by Crippen LogP contribution is -2.02. The molecule has 0 bridgehead atoms. The zero-order valence-electron chi connectivity index (χ0n) is 6.27. The lowest BCUT2D eigenvalue weighted by Gasteiger charge is -2.01. The van der Waals surface area contributed by atoms with Crippen molar-refractivity contribution in [2.24, 2.45) is 5.92 Å². The average Bonchev–Trinajstić information content (AvgIpc) is 1.82. The van der Waals surface area contributed by atoms with Crippen LogP contribution < -0.4 is 0 Å². The van der Waals surface area contributed by atoms with E-state index in [0.717, 1.165) is 5.57 Å². The average molecular weight is 146 g/mol. The van der Waals surface area contributed by atoms with Gasteiger partial charge in [-0.3, -0.25) is 0 Å². The van der Waals surface area contributed by atoms with Crippen LogP contribution >= 0.6 is 0 Å². The Kier molecular flexibility index (Phi) is 3.93. The maximum Gasteiger partial charge on any atom is 0.244 e. The molecule has 0 aromatic carbocycles. The van der Waals surface area contributed by atoms with Gasteiger partial charge in [-0.15, -0.1) is 0 Å². The first kappa shape index (κ1) is 9.34. The number of rotatable bonds is 3. The summed E-state index contributed by atoms with van der Waals surface area (Å²) in [6, 6.07) is 0. The van der Waals surface area contributed by atoms with Crippen LogP contribution in [0.25, 0.3) is 0 Å². The van der Waals surface area contributed by atoms with E-state index in [1.165, 1.54) is 13.0 Å². The fourth-order valence-electron chi connectivity index (χ4n) is 0.400. The van der Waals surface area contributed by atoms with Crippen molar-refractivity contribution >= 4 is 0 Å². The normalized spacial score (nSPS) is 14.5. The van der Waals surface area contributed by atoms with Gasteiger partial charge < -0.3 is 0 Å². The van der Waals surface area contributed by atoms with Crippen molar-refractivity contribution in [3.63, 3.8) is 0 Å². The highest BCUT2D eigenvalue weighted by Gasteiger charge is 2.09. The molecule has 0 rings (SSSR count). The van der Waals surface area contributed by atoms with E-state index < -0.39 is 12.3 Å². The lowest BCUT2D eigenvalue weighted by molar-refractivity contribution is 0.108. The summed E-state index contributed by atoms with van der Waals surface area (Å²) in [5.74, 6) is -0.670. The minimum absolute atomic E-state index is 0.670. The molecule has 0 amide bonds. The van der Waals surface area contributed by atoms with Gasteiger partial charge >= 0.3 is 0 Å². The molecule has 2 heteroatoms. The van der Waals surface area contributed by atoms with E-state index in [1.54, 1.807) is 13.0 Å². The third-order valence-electron chi connectivity index (χ3n) is 1.08. The maximum atomic E-state index is 11.8. The fourth-order valence-corrected chi connectivity index (χ4v) is 0.400. The summed E-state index contributed by atoms with van der Waals surface area (Å²) in [7, 11) is 0. The second-order valence-electron chi connectivity index (χ2n) is 2.40. The Labute approximate surface area is 60.2 Å². The first-order chi connectivity index (χ1) is 4.54. The molecular formula is C8H12F2. The summed E-state index contributed by atoms with van der Waals surface area (Å²) in [6.45, 7) is 6.80. The summed E-state index contributed by atoms with van der Waals surface area (Å²) in [4.78, 5) is 0. The van der Waals surface area contributed by atoms with Crippen molar-refractivity contribution in [2.45, 2.75) is 20.3 Å². The topological polar surface area (TPSA) is 0 Å². The Balaban J connectivity index is 3.77. The number of hydrogen-bond acceptors (Lipinski definition) is 0. The summed E-state index contributed by atoms with van der Waals surface area (Å²) in [5.41, 5.74) is 0.799. The molecule has 0 fully saturated rings. The van der Waals surface area contributed by atoms with Crippen LogP contribution in [0.3, 0.4) is 0 Å². The second kappa shape index (κ2) is 4.20. The molecular weight excluding hydrogens is 134 g/mol. The zero-order chi connectivity index (χ0) is 8.15. The van der Waals surface area contributed by atoms with Crippen molar-refractivity contribution in [1.82, 2.24) is 0 Å². The van der Waals surface area contributed by atoms with Crippen molar-refractivity contribution in [3.05, 3.63) is 24.3 Å². The minimum Gasteiger partial charge on any atom is -0.210 e. The largest absolute Gasteiger partial charge is 0.244 e. The first-order valence-corrected chi connectivity index (χ1v) is 3.16. The highest BCUT2D eigenvalue weighted by Crippen LogP contribution is 2.10. The van der Waals surface area contributed by atoms with E-state index in [0.29, 0.717) is 0 Å². The molecule has 0 heterocycles. The number of alkyl halides is 2. The van der Waals surface area contributed by atoms with Gasteiger partial charge in [0.05, 0.1) is 0 Å². The van der Waals surface area contributed by atoms with E-state index in [9.17, 15) is 8.78 Å². The fraction of sp³-hybridized carbons (Fsp3) is 0.500. The van der Waals surface area contributed by atoms with Crippen LogP contribution in [0.1, 0.15) is 13.8 Å². The van der Waals surface area contributed by atoms with Gasteiger partial charge in [0.25, 0.3) is 0 Å². The van der Waals surface area contributed by atoms with E-state index in [-0.39, 0.29) is 0 Å². The van der Waals surface area contributed by atoms with Crippen molar-refractivity contribution in [3.8, 4) is 0 Å². The molecule has 0 spiro atoms. The first-order valence-electron chi connectivity index (χ1n) is 3.16. The van der Waals surface area contributed by atoms with Crippen LogP contribution in [-0.2, 0) is 0 Å². The molecule has 0 aromatic rings. The second-order valence-corrected chi connectivity index (χ2v) is 2.40. The molecule has 0 nitrogen and oxygen atoms in total. The number of hydrogen-bond donors (Lipinski definition) is 0. The molecule has 0 radical (unpaired) electrons. The molecule has 0 saturated heterocycles. The third-order valence-corrected chi connectivity index (χ3v) is 1.08. The van der Waals surface area contributed by atoms with Gasteiger partial charge in [0, 0.05) is 5.92 Å². The van der Waals surface area contributed by atoms with Gasteiger partial charge in [0.15, 0.2) is 0 Å². The smallest absolute Gasteiger partial charge is 0.210 e. The summed E-state index contributed by atoms with van der Waals surface area (Å²) >= 11 is 0. The molecule has 0 saturated carbocycles. The van der Waals surface area contributed by atoms with E-state index in [2.05, 4.69) is 6.58 Å². The van der Waals surface area contributed by atoms with Crippen LogP contribution in [0.15, 0.2) is 24.3 Å². The molecule has 0 aliphatic heterocycles. The highest BCUT2D eigenvalue weighted by molar-refractivity contribution is 5.11. The Bertz CT molecular complexity index is 136. The SMILES string of the molecule is C=C(C)/C=C\C(C)C(F)F. The summed E-state index contributed by atoms with van der Waals surface area (Å²) in [6.07, 6.45) is 0.805. The minimum atomic E-state index is -2.27. The molecule has 0 aromatic heterocycles. The Hall–Kier alpha value is -0.660. The monoisotopic (exact) mass is 146 g/mol. The van der Waals surface area contributed by atoms with Crippen LogP contribution in [0, 0.1) is 5.92 Å². The van der Waals surface area contributed by atoms with E-state index in [4.69, 9.17) is 0 Å². The Morgan fingerprint density at radius 3 is 2.30 bits per heavy atom. The molecule has 1 unspecified atom stereocenters. The van der Waals surface area contributed by atoms with Gasteiger partial charge in [-0.2, -0.15) is 0 Å². The van der Waals surface area contributed by atoms with Crippen molar-refractivity contribution in [2.75, 3.05) is 0 Å². The summed E-state index contributed by atoms with van der Waals surface area (Å²) < 4.78 is 23.6. The summed E-state index contributed by atoms with van der Waals surface area (Å²) in [5, 5.41) is 0. The Morgan fingerprint density at radius 2 is 2.00 bits per heavy atom. The lowest BCUT2D eigenvalue weighted by atomic mass is 10.1. The van der Waals surface area contributed by atoms with Gasteiger partial charge in [-0.05, 0) is 6.92 Å². The third kappa shape index (κ3) is 4.24. The van der Waals surface area contributed by atoms with Gasteiger partial charge in [0.1, 0.15) is 0 Å². The van der Waals surface area contributed by atoms with Crippen molar-refractivity contribution < 1.29 is 8.78 Å². The molecule has 10 heavy (non-hydrogen) atoms. The number of halogens is 2. The molecule has 0 aliphatic carbocycles. The van der Waals surface area contributed by atoms with E-state index in [1.807, 2.05) is 0 Å². The Morgan fingerprint density at radius 1 is 1.50 bits per heavy atom. The quantitative estimate of drug-likeness (QED) is 0.537. The van der Waals surface area contributed by atoms with Gasteiger partial charge in [0.2, 0.25) is 6.43 Å². The van der Waals surface area contributed by atoms with Gasteiger partial charge in [-0.1, -0.05) is 31.2 Å². The van der Waals surface area contributed by atoms with E-state index >= 15 is 0 Å². The molecule has 0 N–H and O–H groups in total. The van der Waals surface area contributed by atoms with Crippen LogP contribution in [0.4, 0.5) is 8.78 Å². The van der Waals surface area contributed by atoms with Crippen LogP contribution in [-0.4, -0.2) is 6.43 Å². The standard InChI is InChI=1S/C8H12F2/c1-6(2)4-5-7(3)8(9)10/h4-5,7-8H,1H2,2-3H3/b5-4-. The zero-order valence-corrected chi connectivity index (χ0v) is 6.27. The molecule has 0 aliphatic rings. The predicted octanol–water partition coefficient (Wildman–Crippen LogP) is 3.02. The highest BCUT2D eigenvalue weighted by atomic mass is 19.3. The maximum absolute atomic E-state index is 11.8. The van der Waals surface area contributed by atoms with Gasteiger partial charge in [-0.25, -0.2) is 8.78 Å². The van der Waals surface area contributed by atoms with Crippen molar-refractivity contribution in [1.29, 1.82) is 0 Å². The predicted molar refractivity (Wildman–Crippen MR) is 39.1 cm³/mol. The number of allylic oxidation sites excluding steroid dienone is 3.